The maximum Gasteiger partial charge on any atom is 0.338 e. The predicted molar refractivity (Wildman–Crippen MR) is 136 cm³/mol. The fourth-order valence-corrected chi connectivity index (χ4v) is 5.08. The Morgan fingerprint density at radius 1 is 1.20 bits per heavy atom. The number of carbonyl (C=O) groups is 1. The number of para-hydroxylation sites is 1. The molecule has 4 rings (SSSR count). The average molecular weight is 493 g/mol. The van der Waals surface area contributed by atoms with Gasteiger partial charge < -0.3 is 14.2 Å². The molecule has 2 aromatic carbocycles. The van der Waals surface area contributed by atoms with Crippen LogP contribution >= 0.6 is 11.3 Å². The molecule has 35 heavy (non-hydrogen) atoms. The number of ether oxygens (including phenoxy) is 3. The van der Waals surface area contributed by atoms with Crippen LogP contribution in [-0.2, 0) is 9.53 Å². The molecule has 2 heterocycles. The Morgan fingerprint density at radius 2 is 1.97 bits per heavy atom. The van der Waals surface area contributed by atoms with Crippen LogP contribution < -0.4 is 24.4 Å². The quantitative estimate of drug-likeness (QED) is 0.471. The molecule has 0 amide bonds. The molecule has 3 aromatic rings. The van der Waals surface area contributed by atoms with E-state index in [1.165, 1.54) is 11.3 Å². The standard InChI is InChI=1S/C27H28N2O5S/c1-6-33-26(31)23-17(4)28-27-29(24(23)20-12-7-8-13-21(20)34-16(2)3)25(30)22(35-27)15-18-10-9-11-19(14-18)32-5/h7-16,24H,6H2,1-5H3. The highest BCUT2D eigenvalue weighted by Gasteiger charge is 2.35. The third-order valence-electron chi connectivity index (χ3n) is 5.48. The van der Waals surface area contributed by atoms with Gasteiger partial charge in [0.2, 0.25) is 0 Å². The predicted octanol–water partition coefficient (Wildman–Crippen LogP) is 3.59. The van der Waals surface area contributed by atoms with E-state index in [1.54, 1.807) is 25.5 Å². The summed E-state index contributed by atoms with van der Waals surface area (Å²) in [5.74, 6) is 0.802. The van der Waals surface area contributed by atoms with Gasteiger partial charge in [-0.3, -0.25) is 9.36 Å². The van der Waals surface area contributed by atoms with Gasteiger partial charge in [-0.2, -0.15) is 0 Å². The van der Waals surface area contributed by atoms with Gasteiger partial charge in [0.05, 0.1) is 35.6 Å². The Hall–Kier alpha value is -3.65. The summed E-state index contributed by atoms with van der Waals surface area (Å²) in [7, 11) is 1.60. The zero-order valence-corrected chi connectivity index (χ0v) is 21.2. The molecular weight excluding hydrogens is 464 g/mol. The molecule has 0 fully saturated rings. The molecule has 1 aromatic heterocycles. The Balaban J connectivity index is 1.97. The van der Waals surface area contributed by atoms with Gasteiger partial charge in [0.1, 0.15) is 17.5 Å². The minimum Gasteiger partial charge on any atom is -0.497 e. The van der Waals surface area contributed by atoms with E-state index in [0.717, 1.165) is 5.56 Å². The molecule has 0 saturated carbocycles. The van der Waals surface area contributed by atoms with E-state index < -0.39 is 12.0 Å². The number of allylic oxidation sites excluding steroid dienone is 1. The van der Waals surface area contributed by atoms with Crippen molar-refractivity contribution in [2.24, 2.45) is 4.99 Å². The Labute approximate surface area is 207 Å². The van der Waals surface area contributed by atoms with Gasteiger partial charge in [0.15, 0.2) is 4.80 Å². The fourth-order valence-electron chi connectivity index (χ4n) is 4.04. The average Bonchev–Trinajstić information content (AvgIpc) is 3.13. The number of thiazole rings is 1. The zero-order valence-electron chi connectivity index (χ0n) is 20.4. The van der Waals surface area contributed by atoms with Crippen molar-refractivity contribution in [2.75, 3.05) is 13.7 Å². The molecule has 7 nitrogen and oxygen atoms in total. The zero-order chi connectivity index (χ0) is 25.1. The molecule has 1 atom stereocenters. The van der Waals surface area contributed by atoms with Gasteiger partial charge in [-0.25, -0.2) is 9.79 Å². The molecule has 0 radical (unpaired) electrons. The highest BCUT2D eigenvalue weighted by Crippen LogP contribution is 2.36. The van der Waals surface area contributed by atoms with Gasteiger partial charge in [-0.1, -0.05) is 41.7 Å². The van der Waals surface area contributed by atoms with Crippen molar-refractivity contribution in [3.63, 3.8) is 0 Å². The van der Waals surface area contributed by atoms with Crippen molar-refractivity contribution in [3.8, 4) is 11.5 Å². The first kappa shape index (κ1) is 24.5. The lowest BCUT2D eigenvalue weighted by Gasteiger charge is -2.26. The van der Waals surface area contributed by atoms with Crippen LogP contribution in [-0.4, -0.2) is 30.4 Å². The van der Waals surface area contributed by atoms with E-state index in [-0.39, 0.29) is 18.3 Å². The number of fused-ring (bicyclic) bond motifs is 1. The smallest absolute Gasteiger partial charge is 0.338 e. The highest BCUT2D eigenvalue weighted by atomic mass is 32.1. The molecule has 1 unspecified atom stereocenters. The molecule has 0 saturated heterocycles. The molecule has 8 heteroatoms. The molecule has 0 N–H and O–H groups in total. The van der Waals surface area contributed by atoms with Crippen LogP contribution in [0.25, 0.3) is 6.08 Å². The first-order valence-electron chi connectivity index (χ1n) is 11.4. The number of esters is 1. The first-order chi connectivity index (χ1) is 16.8. The summed E-state index contributed by atoms with van der Waals surface area (Å²) in [5.41, 5.74) is 2.13. The highest BCUT2D eigenvalue weighted by molar-refractivity contribution is 7.07. The summed E-state index contributed by atoms with van der Waals surface area (Å²) in [4.78, 5) is 32.0. The van der Waals surface area contributed by atoms with Gasteiger partial charge >= 0.3 is 5.97 Å². The van der Waals surface area contributed by atoms with Crippen molar-refractivity contribution in [3.05, 3.63) is 90.6 Å². The Bertz CT molecular complexity index is 1470. The van der Waals surface area contributed by atoms with Crippen LogP contribution in [0, 0.1) is 0 Å². The summed E-state index contributed by atoms with van der Waals surface area (Å²) in [6, 6.07) is 14.2. The maximum atomic E-state index is 13.8. The van der Waals surface area contributed by atoms with Crippen LogP contribution in [0.15, 0.2) is 69.6 Å². The van der Waals surface area contributed by atoms with Crippen molar-refractivity contribution in [2.45, 2.75) is 39.8 Å². The van der Waals surface area contributed by atoms with E-state index in [0.29, 0.717) is 37.7 Å². The summed E-state index contributed by atoms with van der Waals surface area (Å²) in [6.45, 7) is 7.60. The lowest BCUT2D eigenvalue weighted by atomic mass is 9.95. The first-order valence-corrected chi connectivity index (χ1v) is 12.2. The third-order valence-corrected chi connectivity index (χ3v) is 6.47. The second kappa shape index (κ2) is 10.3. The molecule has 0 aliphatic carbocycles. The van der Waals surface area contributed by atoms with Crippen LogP contribution in [0.3, 0.4) is 0 Å². The van der Waals surface area contributed by atoms with Gasteiger partial charge in [0, 0.05) is 5.56 Å². The molecule has 1 aliphatic heterocycles. The van der Waals surface area contributed by atoms with Gasteiger partial charge in [-0.15, -0.1) is 0 Å². The number of hydrogen-bond acceptors (Lipinski definition) is 7. The Kier molecular flexibility index (Phi) is 7.21. The molecule has 0 bridgehead atoms. The lowest BCUT2D eigenvalue weighted by molar-refractivity contribution is -0.139. The third kappa shape index (κ3) is 4.93. The number of carbonyl (C=O) groups excluding carboxylic acids is 1. The van der Waals surface area contributed by atoms with Crippen LogP contribution in [0.2, 0.25) is 0 Å². The van der Waals surface area contributed by atoms with Crippen molar-refractivity contribution < 1.29 is 19.0 Å². The van der Waals surface area contributed by atoms with E-state index in [4.69, 9.17) is 14.2 Å². The number of rotatable bonds is 7. The number of hydrogen-bond donors (Lipinski definition) is 0. The molecular formula is C27H28N2O5S. The normalized spacial score (nSPS) is 15.6. The van der Waals surface area contributed by atoms with E-state index >= 15 is 0 Å². The monoisotopic (exact) mass is 492 g/mol. The van der Waals surface area contributed by atoms with Crippen molar-refractivity contribution in [1.82, 2.24) is 4.57 Å². The second-order valence-corrected chi connectivity index (χ2v) is 9.29. The van der Waals surface area contributed by atoms with Gasteiger partial charge in [-0.05, 0) is 57.5 Å². The minimum atomic E-state index is -0.729. The Morgan fingerprint density at radius 3 is 2.69 bits per heavy atom. The number of methoxy groups -OCH3 is 1. The van der Waals surface area contributed by atoms with Crippen molar-refractivity contribution in [1.29, 1.82) is 0 Å². The van der Waals surface area contributed by atoms with Crippen LogP contribution in [0.1, 0.15) is 44.9 Å². The van der Waals surface area contributed by atoms with E-state index in [9.17, 15) is 9.59 Å². The van der Waals surface area contributed by atoms with E-state index in [2.05, 4.69) is 4.99 Å². The van der Waals surface area contributed by atoms with Crippen LogP contribution in [0.4, 0.5) is 0 Å². The molecule has 1 aliphatic rings. The SMILES string of the molecule is CCOC(=O)C1=C(C)N=c2sc(=Cc3cccc(OC)c3)c(=O)n2C1c1ccccc1OC(C)C. The molecule has 0 spiro atoms. The summed E-state index contributed by atoms with van der Waals surface area (Å²) in [6.07, 6.45) is 1.72. The number of benzene rings is 2. The number of aromatic nitrogens is 1. The van der Waals surface area contributed by atoms with E-state index in [1.807, 2.05) is 68.5 Å². The lowest BCUT2D eigenvalue weighted by Crippen LogP contribution is -2.40. The van der Waals surface area contributed by atoms with Gasteiger partial charge in [0.25, 0.3) is 5.56 Å². The largest absolute Gasteiger partial charge is 0.497 e. The maximum absolute atomic E-state index is 13.8. The number of nitrogens with zero attached hydrogens (tertiary/aromatic N) is 2. The van der Waals surface area contributed by atoms with Crippen molar-refractivity contribution >= 4 is 23.4 Å². The summed E-state index contributed by atoms with van der Waals surface area (Å²) >= 11 is 1.28. The summed E-state index contributed by atoms with van der Waals surface area (Å²) < 4.78 is 18.8. The minimum absolute atomic E-state index is 0.0869. The summed E-state index contributed by atoms with van der Waals surface area (Å²) in [5, 5.41) is 0. The molecule has 182 valence electrons. The topological polar surface area (TPSA) is 79.1 Å². The fraction of sp³-hybridized carbons (Fsp3) is 0.296. The second-order valence-electron chi connectivity index (χ2n) is 8.28. The van der Waals surface area contributed by atoms with Crippen LogP contribution in [0.5, 0.6) is 11.5 Å².